The van der Waals surface area contributed by atoms with Crippen molar-refractivity contribution in [2.75, 3.05) is 20.3 Å². The second-order valence-corrected chi connectivity index (χ2v) is 11.6. The van der Waals surface area contributed by atoms with E-state index in [-0.39, 0.29) is 30.7 Å². The molecule has 1 saturated heterocycles. The molecular formula is C36H40N4O10. The maximum Gasteiger partial charge on any atom is 0.338 e. The van der Waals surface area contributed by atoms with Gasteiger partial charge in [-0.05, 0) is 49.2 Å². The molecule has 0 bridgehead atoms. The number of carboxylic acid groups (broad SMARTS) is 1. The van der Waals surface area contributed by atoms with Crippen molar-refractivity contribution < 1.29 is 48.0 Å². The van der Waals surface area contributed by atoms with Crippen LogP contribution in [0.5, 0.6) is 5.75 Å². The fourth-order valence-corrected chi connectivity index (χ4v) is 5.55. The van der Waals surface area contributed by atoms with E-state index < -0.39 is 54.5 Å². The molecule has 1 fully saturated rings. The molecule has 0 radical (unpaired) electrons. The molecule has 2 aliphatic rings. The monoisotopic (exact) mass is 688 g/mol. The number of carbonyl (C=O) groups is 4. The van der Waals surface area contributed by atoms with Gasteiger partial charge in [-0.25, -0.2) is 9.59 Å². The van der Waals surface area contributed by atoms with E-state index in [1.165, 1.54) is 6.92 Å². The second-order valence-electron chi connectivity index (χ2n) is 11.6. The zero-order chi connectivity index (χ0) is 35.5. The van der Waals surface area contributed by atoms with E-state index in [4.69, 9.17) is 28.8 Å². The van der Waals surface area contributed by atoms with Crippen LogP contribution >= 0.6 is 0 Å². The lowest BCUT2D eigenvalue weighted by Gasteiger charge is -2.46. The Morgan fingerprint density at radius 3 is 2.16 bits per heavy atom. The predicted molar refractivity (Wildman–Crippen MR) is 179 cm³/mol. The average Bonchev–Trinajstić information content (AvgIpc) is 3.59. The summed E-state index contributed by atoms with van der Waals surface area (Å²) in [6, 6.07) is 22.9. The van der Waals surface area contributed by atoms with E-state index in [0.29, 0.717) is 24.3 Å². The highest BCUT2D eigenvalue weighted by atomic mass is 16.7. The number of benzene rings is 3. The third-order valence-electron chi connectivity index (χ3n) is 7.97. The average molecular weight is 689 g/mol. The smallest absolute Gasteiger partial charge is 0.338 e. The summed E-state index contributed by atoms with van der Waals surface area (Å²) in [5.41, 5.74) is 8.22. The maximum atomic E-state index is 13.6. The molecule has 3 aromatic rings. The first-order valence-electron chi connectivity index (χ1n) is 16.1. The summed E-state index contributed by atoms with van der Waals surface area (Å²) in [6.45, 7) is 1.43. The van der Waals surface area contributed by atoms with E-state index in [9.17, 15) is 19.2 Å². The van der Waals surface area contributed by atoms with E-state index in [1.54, 1.807) is 79.0 Å². The van der Waals surface area contributed by atoms with Crippen molar-refractivity contribution in [3.05, 3.63) is 108 Å². The Kier molecular flexibility index (Phi) is 12.4. The number of amides is 1. The first-order valence-corrected chi connectivity index (χ1v) is 16.1. The molecule has 2 heterocycles. The molecule has 4 N–H and O–H groups in total. The maximum absolute atomic E-state index is 13.6. The SMILES string of the molecule is COc1cccc(C2=CN(CC3OC(OCCCCC(=O)O)C(NC(C)=O)C(OC(=O)c4ccccc4)C3OC(=O)c3ccccc3)NN2)c1. The molecule has 2 aliphatic heterocycles. The first-order chi connectivity index (χ1) is 24.2. The van der Waals surface area contributed by atoms with Gasteiger partial charge in [0.15, 0.2) is 18.5 Å². The molecule has 3 aromatic carbocycles. The molecule has 0 saturated carbocycles. The molecular weight excluding hydrogens is 648 g/mol. The first kappa shape index (κ1) is 35.9. The topological polar surface area (TPSA) is 174 Å². The van der Waals surface area contributed by atoms with Gasteiger partial charge in [0.25, 0.3) is 0 Å². The Bertz CT molecular complexity index is 1650. The molecule has 5 atom stereocenters. The number of hydrogen-bond acceptors (Lipinski definition) is 12. The van der Waals surface area contributed by atoms with E-state index in [1.807, 2.05) is 24.3 Å². The number of ether oxygens (including phenoxy) is 5. The van der Waals surface area contributed by atoms with Gasteiger partial charge in [-0.15, -0.1) is 5.53 Å². The van der Waals surface area contributed by atoms with E-state index in [2.05, 4.69) is 16.3 Å². The number of carboxylic acids is 1. The van der Waals surface area contributed by atoms with Crippen molar-refractivity contribution in [1.29, 1.82) is 0 Å². The molecule has 5 unspecified atom stereocenters. The van der Waals surface area contributed by atoms with Crippen molar-refractivity contribution in [3.63, 3.8) is 0 Å². The molecule has 1 amide bonds. The van der Waals surface area contributed by atoms with Crippen LogP contribution in [0.2, 0.25) is 0 Å². The number of hydrazine groups is 2. The van der Waals surface area contributed by atoms with Gasteiger partial charge in [0, 0.05) is 31.7 Å². The number of nitrogens with zero attached hydrogens (tertiary/aromatic N) is 1. The lowest BCUT2D eigenvalue weighted by atomic mass is 9.95. The van der Waals surface area contributed by atoms with Crippen LogP contribution in [-0.2, 0) is 28.5 Å². The van der Waals surface area contributed by atoms with Gasteiger partial charge in [-0.3, -0.25) is 14.6 Å². The Balaban J connectivity index is 1.49. The zero-order valence-corrected chi connectivity index (χ0v) is 27.7. The fraction of sp³-hybridized carbons (Fsp3) is 0.333. The van der Waals surface area contributed by atoms with Crippen LogP contribution in [0, 0.1) is 0 Å². The van der Waals surface area contributed by atoms with Crippen LogP contribution in [-0.4, -0.2) is 84.8 Å². The van der Waals surface area contributed by atoms with Crippen LogP contribution in [0.3, 0.4) is 0 Å². The van der Waals surface area contributed by atoms with Crippen molar-refractivity contribution in [2.24, 2.45) is 0 Å². The van der Waals surface area contributed by atoms with Gasteiger partial charge in [-0.2, -0.15) is 0 Å². The van der Waals surface area contributed by atoms with Gasteiger partial charge >= 0.3 is 17.9 Å². The minimum absolute atomic E-state index is 0.0446. The van der Waals surface area contributed by atoms with Crippen molar-refractivity contribution >= 4 is 29.5 Å². The number of aliphatic carboxylic acids is 1. The summed E-state index contributed by atoms with van der Waals surface area (Å²) in [6.07, 6.45) is -2.20. The molecule has 264 valence electrons. The lowest BCUT2D eigenvalue weighted by Crippen LogP contribution is -2.67. The van der Waals surface area contributed by atoms with E-state index >= 15 is 0 Å². The predicted octanol–water partition coefficient (Wildman–Crippen LogP) is 3.27. The lowest BCUT2D eigenvalue weighted by molar-refractivity contribution is -0.266. The normalized spacial score (nSPS) is 21.4. The minimum atomic E-state index is -1.28. The van der Waals surface area contributed by atoms with Crippen LogP contribution in [0.4, 0.5) is 0 Å². The zero-order valence-electron chi connectivity index (χ0n) is 27.7. The third kappa shape index (κ3) is 9.59. The Hall–Kier alpha value is -5.44. The Labute approximate surface area is 289 Å². The molecule has 5 rings (SSSR count). The van der Waals surface area contributed by atoms with Gasteiger partial charge in [0.05, 0.1) is 30.5 Å². The molecule has 0 spiro atoms. The summed E-state index contributed by atoms with van der Waals surface area (Å²) < 4.78 is 30.1. The number of nitrogens with one attached hydrogen (secondary N) is 3. The number of methoxy groups -OCH3 is 1. The van der Waals surface area contributed by atoms with Crippen LogP contribution in [0.15, 0.2) is 91.1 Å². The summed E-state index contributed by atoms with van der Waals surface area (Å²) in [7, 11) is 1.58. The Morgan fingerprint density at radius 1 is 0.880 bits per heavy atom. The van der Waals surface area contributed by atoms with Crippen LogP contribution < -0.4 is 21.0 Å². The van der Waals surface area contributed by atoms with Gasteiger partial charge in [0.1, 0.15) is 17.9 Å². The van der Waals surface area contributed by atoms with Crippen molar-refractivity contribution in [2.45, 2.75) is 56.8 Å². The summed E-state index contributed by atoms with van der Waals surface area (Å²) >= 11 is 0. The molecule has 14 nitrogen and oxygen atoms in total. The van der Waals surface area contributed by atoms with Crippen molar-refractivity contribution in [3.8, 4) is 5.75 Å². The van der Waals surface area contributed by atoms with E-state index in [0.717, 1.165) is 5.56 Å². The Morgan fingerprint density at radius 2 is 1.54 bits per heavy atom. The van der Waals surface area contributed by atoms with Crippen LogP contribution in [0.1, 0.15) is 52.5 Å². The molecule has 0 aliphatic carbocycles. The minimum Gasteiger partial charge on any atom is -0.497 e. The van der Waals surface area contributed by atoms with Gasteiger partial charge < -0.3 is 39.5 Å². The van der Waals surface area contributed by atoms with Crippen LogP contribution in [0.25, 0.3) is 5.70 Å². The summed E-state index contributed by atoms with van der Waals surface area (Å²) in [5.74, 6) is -2.14. The third-order valence-corrected chi connectivity index (χ3v) is 7.97. The molecule has 50 heavy (non-hydrogen) atoms. The highest BCUT2D eigenvalue weighted by Gasteiger charge is 2.52. The largest absolute Gasteiger partial charge is 0.497 e. The number of carbonyl (C=O) groups excluding carboxylic acids is 3. The molecule has 0 aromatic heterocycles. The van der Waals surface area contributed by atoms with Crippen molar-refractivity contribution in [1.82, 2.24) is 21.3 Å². The number of rotatable bonds is 15. The standard InChI is InChI=1S/C36H40N4O10/c1-23(41)37-31-33(50-35(45)25-14-7-4-8-15-25)32(49-34(44)24-12-5-3-6-13-24)29(48-36(31)47-19-10-9-18-30(42)43)22-40-21-28(38-39-40)26-16-11-17-27(20-26)46-2/h3-8,11-17,20-21,29,31-33,36,38-39H,9-10,18-19,22H2,1-2H3,(H,37,41)(H,42,43). The number of hydrogen-bond donors (Lipinski definition) is 4. The highest BCUT2D eigenvalue weighted by molar-refractivity contribution is 5.90. The second kappa shape index (κ2) is 17.3. The number of esters is 2. The van der Waals surface area contributed by atoms with Gasteiger partial charge in [0.2, 0.25) is 5.91 Å². The quantitative estimate of drug-likeness (QED) is 0.135. The summed E-state index contributed by atoms with van der Waals surface area (Å²) in [5, 5.41) is 13.5. The molecule has 14 heteroatoms. The summed E-state index contributed by atoms with van der Waals surface area (Å²) in [4.78, 5) is 50.7. The van der Waals surface area contributed by atoms with Gasteiger partial charge in [-0.1, -0.05) is 48.5 Å². The number of unbranched alkanes of at least 4 members (excludes halogenated alkanes) is 1. The highest BCUT2D eigenvalue weighted by Crippen LogP contribution is 2.30. The fourth-order valence-electron chi connectivity index (χ4n) is 5.55.